The maximum absolute atomic E-state index is 13.1. The van der Waals surface area contributed by atoms with E-state index in [1.807, 2.05) is 0 Å². The molecular weight excluding hydrogens is 502 g/mol. The summed E-state index contributed by atoms with van der Waals surface area (Å²) in [5.74, 6) is 1.09. The molecule has 0 aliphatic heterocycles. The Balaban J connectivity index is 0.00000288. The van der Waals surface area contributed by atoms with Crippen molar-refractivity contribution in [2.24, 2.45) is 4.99 Å². The van der Waals surface area contributed by atoms with Gasteiger partial charge in [0.1, 0.15) is 5.76 Å². The lowest BCUT2D eigenvalue weighted by atomic mass is 10.1. The van der Waals surface area contributed by atoms with Crippen molar-refractivity contribution < 1.29 is 17.6 Å². The summed E-state index contributed by atoms with van der Waals surface area (Å²) < 4.78 is 44.7. The Hall–Kier alpha value is -1.23. The number of benzene rings is 1. The average molecular weight is 518 g/mol. The Labute approximate surface area is 163 Å². The fraction of sp³-hybridized carbons (Fsp3) is 0.267. The molecule has 1 aromatic carbocycles. The van der Waals surface area contributed by atoms with Crippen LogP contribution in [-0.4, -0.2) is 13.0 Å². The summed E-state index contributed by atoms with van der Waals surface area (Å²) in [5.41, 5.74) is -0.539. The molecule has 2 N–H and O–H groups in total. The zero-order chi connectivity index (χ0) is 16.9. The first-order valence-electron chi connectivity index (χ1n) is 6.72. The molecule has 4 nitrogen and oxygen atoms in total. The number of nitrogens with zero attached hydrogens (tertiary/aromatic N) is 1. The number of hydrogen-bond donors (Lipinski definition) is 2. The fourth-order valence-corrected chi connectivity index (χ4v) is 2.31. The monoisotopic (exact) mass is 517 g/mol. The molecule has 0 atom stereocenters. The van der Waals surface area contributed by atoms with Gasteiger partial charge in [-0.25, -0.2) is 0 Å². The summed E-state index contributed by atoms with van der Waals surface area (Å²) in [6.45, 7) is 0.388. The predicted molar refractivity (Wildman–Crippen MR) is 100 cm³/mol. The van der Waals surface area contributed by atoms with Crippen LogP contribution in [0.2, 0.25) is 0 Å². The van der Waals surface area contributed by atoms with Gasteiger partial charge in [-0.1, -0.05) is 22.0 Å². The molecule has 0 bridgehead atoms. The van der Waals surface area contributed by atoms with E-state index in [4.69, 9.17) is 4.42 Å². The molecule has 0 unspecified atom stereocenters. The summed E-state index contributed by atoms with van der Waals surface area (Å²) in [4.78, 5) is 3.97. The second-order valence-electron chi connectivity index (χ2n) is 4.66. The molecule has 9 heteroatoms. The van der Waals surface area contributed by atoms with E-state index in [1.54, 1.807) is 31.5 Å². The molecule has 132 valence electrons. The third-order valence-electron chi connectivity index (χ3n) is 3.06. The van der Waals surface area contributed by atoms with Gasteiger partial charge in [-0.3, -0.25) is 4.99 Å². The molecule has 0 aliphatic carbocycles. The molecule has 0 saturated carbocycles. The van der Waals surface area contributed by atoms with Gasteiger partial charge in [0.05, 0.1) is 18.4 Å². The van der Waals surface area contributed by atoms with Crippen LogP contribution in [0, 0.1) is 0 Å². The molecular formula is C15H16BrF3IN3O. The second kappa shape index (κ2) is 9.30. The topological polar surface area (TPSA) is 49.6 Å². The minimum Gasteiger partial charge on any atom is -0.467 e. The van der Waals surface area contributed by atoms with E-state index in [-0.39, 0.29) is 36.1 Å². The van der Waals surface area contributed by atoms with Crippen molar-refractivity contribution in [2.75, 3.05) is 7.05 Å². The Bertz CT molecular complexity index is 675. The van der Waals surface area contributed by atoms with Crippen LogP contribution in [0.25, 0.3) is 0 Å². The van der Waals surface area contributed by atoms with Gasteiger partial charge in [-0.2, -0.15) is 13.2 Å². The number of furan rings is 1. The van der Waals surface area contributed by atoms with Crippen LogP contribution in [-0.2, 0) is 19.3 Å². The van der Waals surface area contributed by atoms with Gasteiger partial charge in [0.15, 0.2) is 5.96 Å². The second-order valence-corrected chi connectivity index (χ2v) is 5.57. The van der Waals surface area contributed by atoms with E-state index in [9.17, 15) is 13.2 Å². The first-order chi connectivity index (χ1) is 10.9. The number of alkyl halides is 3. The van der Waals surface area contributed by atoms with Gasteiger partial charge >= 0.3 is 6.18 Å². The number of guanidine groups is 1. The van der Waals surface area contributed by atoms with Gasteiger partial charge in [-0.05, 0) is 29.8 Å². The molecule has 2 aromatic rings. The maximum Gasteiger partial charge on any atom is 0.416 e. The molecule has 24 heavy (non-hydrogen) atoms. The number of halogens is 5. The average Bonchev–Trinajstić information content (AvgIpc) is 3.01. The van der Waals surface area contributed by atoms with Crippen LogP contribution < -0.4 is 10.6 Å². The van der Waals surface area contributed by atoms with E-state index in [0.29, 0.717) is 22.7 Å². The molecule has 0 saturated heterocycles. The molecule has 0 fully saturated rings. The normalized spacial score (nSPS) is 11.8. The fourth-order valence-electron chi connectivity index (χ4n) is 1.95. The van der Waals surface area contributed by atoms with Crippen molar-refractivity contribution in [2.45, 2.75) is 19.3 Å². The van der Waals surface area contributed by atoms with Crippen molar-refractivity contribution in [1.82, 2.24) is 10.6 Å². The van der Waals surface area contributed by atoms with Crippen LogP contribution in [0.4, 0.5) is 13.2 Å². The highest BCUT2D eigenvalue weighted by molar-refractivity contribution is 14.0. The largest absolute Gasteiger partial charge is 0.467 e. The molecule has 1 heterocycles. The van der Waals surface area contributed by atoms with Gasteiger partial charge in [0, 0.05) is 18.1 Å². The van der Waals surface area contributed by atoms with Crippen molar-refractivity contribution in [1.29, 1.82) is 0 Å². The predicted octanol–water partition coefficient (Wildman–Crippen LogP) is 4.54. The number of rotatable bonds is 4. The third-order valence-corrected chi connectivity index (χ3v) is 3.55. The molecule has 0 spiro atoms. The van der Waals surface area contributed by atoms with Crippen LogP contribution in [0.1, 0.15) is 16.9 Å². The smallest absolute Gasteiger partial charge is 0.416 e. The summed E-state index contributed by atoms with van der Waals surface area (Å²) in [6, 6.07) is 7.61. The molecule has 0 aliphatic rings. The summed E-state index contributed by atoms with van der Waals surface area (Å²) in [6.07, 6.45) is -2.86. The highest BCUT2D eigenvalue weighted by atomic mass is 127. The highest BCUT2D eigenvalue weighted by Crippen LogP contribution is 2.33. The van der Waals surface area contributed by atoms with Crippen LogP contribution in [0.5, 0.6) is 0 Å². The Morgan fingerprint density at radius 1 is 1.21 bits per heavy atom. The summed E-state index contributed by atoms with van der Waals surface area (Å²) in [7, 11) is 1.55. The minimum atomic E-state index is -4.41. The van der Waals surface area contributed by atoms with Crippen molar-refractivity contribution in [3.8, 4) is 0 Å². The van der Waals surface area contributed by atoms with E-state index < -0.39 is 11.7 Å². The van der Waals surface area contributed by atoms with Crippen LogP contribution in [0.15, 0.2) is 50.5 Å². The lowest BCUT2D eigenvalue weighted by Crippen LogP contribution is -2.36. The molecule has 1 aromatic heterocycles. The lowest BCUT2D eigenvalue weighted by Gasteiger charge is -2.16. The SMILES string of the molecule is CN=C(NCc1ccco1)NCc1ccc(Br)cc1C(F)(F)F.I. The van der Waals surface area contributed by atoms with E-state index >= 15 is 0 Å². The maximum atomic E-state index is 13.1. The van der Waals surface area contributed by atoms with Gasteiger partial charge in [-0.15, -0.1) is 24.0 Å². The molecule has 0 amide bonds. The highest BCUT2D eigenvalue weighted by Gasteiger charge is 2.33. The van der Waals surface area contributed by atoms with Crippen molar-refractivity contribution >= 4 is 45.9 Å². The minimum absolute atomic E-state index is 0. The van der Waals surface area contributed by atoms with Crippen molar-refractivity contribution in [3.63, 3.8) is 0 Å². The summed E-state index contributed by atoms with van der Waals surface area (Å²) >= 11 is 3.06. The van der Waals surface area contributed by atoms with E-state index in [2.05, 4.69) is 31.6 Å². The Morgan fingerprint density at radius 2 is 1.92 bits per heavy atom. The van der Waals surface area contributed by atoms with Crippen LogP contribution in [0.3, 0.4) is 0 Å². The first kappa shape index (κ1) is 20.8. The molecule has 2 rings (SSSR count). The Morgan fingerprint density at radius 3 is 2.50 bits per heavy atom. The van der Waals surface area contributed by atoms with Crippen LogP contribution >= 0.6 is 39.9 Å². The van der Waals surface area contributed by atoms with Gasteiger partial charge < -0.3 is 15.1 Å². The van der Waals surface area contributed by atoms with E-state index in [0.717, 1.165) is 6.07 Å². The zero-order valence-electron chi connectivity index (χ0n) is 12.7. The van der Waals surface area contributed by atoms with Gasteiger partial charge in [0.2, 0.25) is 0 Å². The third kappa shape index (κ3) is 6.00. The quantitative estimate of drug-likeness (QED) is 0.355. The van der Waals surface area contributed by atoms with Gasteiger partial charge in [0.25, 0.3) is 0 Å². The first-order valence-corrected chi connectivity index (χ1v) is 7.52. The Kier molecular flexibility index (Phi) is 8.07. The zero-order valence-corrected chi connectivity index (χ0v) is 16.6. The molecule has 0 radical (unpaired) electrons. The van der Waals surface area contributed by atoms with E-state index in [1.165, 1.54) is 6.07 Å². The lowest BCUT2D eigenvalue weighted by molar-refractivity contribution is -0.138. The number of hydrogen-bond acceptors (Lipinski definition) is 2. The van der Waals surface area contributed by atoms with Crippen molar-refractivity contribution in [3.05, 3.63) is 58.0 Å². The summed E-state index contributed by atoms with van der Waals surface area (Å²) in [5, 5.41) is 5.83. The standard InChI is InChI=1S/C15H15BrF3N3O.HI/c1-20-14(22-9-12-3-2-6-23-12)21-8-10-4-5-11(16)7-13(10)15(17,18)19;/h2-7H,8-9H2,1H3,(H2,20,21,22);1H. The number of nitrogens with one attached hydrogen (secondary N) is 2. The number of aliphatic imine (C=N–C) groups is 1.